The third kappa shape index (κ3) is 2.49. The smallest absolute Gasteiger partial charge is 0.147 e. The van der Waals surface area contributed by atoms with Crippen molar-refractivity contribution >= 4 is 23.2 Å². The first-order chi connectivity index (χ1) is 7.66. The highest BCUT2D eigenvalue weighted by atomic mass is 35.5. The third-order valence-corrected chi connectivity index (χ3v) is 2.81. The predicted octanol–water partition coefficient (Wildman–Crippen LogP) is 3.31. The van der Waals surface area contributed by atoms with E-state index in [1.807, 2.05) is 19.2 Å². The lowest BCUT2D eigenvalue weighted by Gasteiger charge is -2.06. The molecular weight excluding hydrogens is 247 g/mol. The Bertz CT molecular complexity index is 479. The molecule has 1 aromatic heterocycles. The first-order valence-electron chi connectivity index (χ1n) is 4.71. The SMILES string of the molecule is Cn1c(Cl)cnc1COc1ccc(Cl)cc1. The number of hydrogen-bond acceptors (Lipinski definition) is 2. The second-order valence-electron chi connectivity index (χ2n) is 3.30. The lowest BCUT2D eigenvalue weighted by Crippen LogP contribution is -2.03. The Morgan fingerprint density at radius 2 is 1.94 bits per heavy atom. The maximum atomic E-state index is 5.86. The molecule has 0 N–H and O–H groups in total. The Kier molecular flexibility index (Phi) is 3.36. The van der Waals surface area contributed by atoms with Gasteiger partial charge >= 0.3 is 0 Å². The Hall–Kier alpha value is -1.19. The molecule has 0 aliphatic heterocycles. The van der Waals surface area contributed by atoms with Crippen LogP contribution in [0.3, 0.4) is 0 Å². The molecule has 0 atom stereocenters. The van der Waals surface area contributed by atoms with Gasteiger partial charge in [-0.1, -0.05) is 23.2 Å². The quantitative estimate of drug-likeness (QED) is 0.843. The molecule has 0 saturated carbocycles. The van der Waals surface area contributed by atoms with E-state index in [1.165, 1.54) is 0 Å². The summed E-state index contributed by atoms with van der Waals surface area (Å²) in [6.45, 7) is 0.380. The number of aromatic nitrogens is 2. The average Bonchev–Trinajstić information content (AvgIpc) is 2.60. The van der Waals surface area contributed by atoms with E-state index in [1.54, 1.807) is 22.9 Å². The Balaban J connectivity index is 2.02. The summed E-state index contributed by atoms with van der Waals surface area (Å²) in [5.74, 6) is 1.53. The summed E-state index contributed by atoms with van der Waals surface area (Å²) < 4.78 is 7.32. The molecule has 0 saturated heterocycles. The molecule has 0 amide bonds. The number of halogens is 2. The van der Waals surface area contributed by atoms with Gasteiger partial charge in [-0.3, -0.25) is 0 Å². The molecule has 0 aliphatic rings. The van der Waals surface area contributed by atoms with E-state index in [4.69, 9.17) is 27.9 Å². The number of hydrogen-bond donors (Lipinski definition) is 0. The van der Waals surface area contributed by atoms with Gasteiger partial charge in [0, 0.05) is 12.1 Å². The van der Waals surface area contributed by atoms with Gasteiger partial charge in [-0.15, -0.1) is 0 Å². The van der Waals surface area contributed by atoms with Crippen molar-refractivity contribution in [3.05, 3.63) is 46.5 Å². The van der Waals surface area contributed by atoms with Crippen molar-refractivity contribution in [3.8, 4) is 5.75 Å². The summed E-state index contributed by atoms with van der Waals surface area (Å²) in [6.07, 6.45) is 1.60. The van der Waals surface area contributed by atoms with Crippen LogP contribution in [0.25, 0.3) is 0 Å². The van der Waals surface area contributed by atoms with Crippen LogP contribution in [0.5, 0.6) is 5.75 Å². The van der Waals surface area contributed by atoms with E-state index in [-0.39, 0.29) is 0 Å². The topological polar surface area (TPSA) is 27.1 Å². The van der Waals surface area contributed by atoms with Crippen molar-refractivity contribution in [1.82, 2.24) is 9.55 Å². The normalized spacial score (nSPS) is 10.4. The molecule has 1 aromatic carbocycles. The molecule has 0 spiro atoms. The molecule has 0 bridgehead atoms. The zero-order valence-corrected chi connectivity index (χ0v) is 10.2. The Labute approximate surface area is 104 Å². The van der Waals surface area contributed by atoms with Crippen LogP contribution in [0, 0.1) is 0 Å². The van der Waals surface area contributed by atoms with Crippen molar-refractivity contribution in [1.29, 1.82) is 0 Å². The molecule has 0 aliphatic carbocycles. The summed E-state index contributed by atoms with van der Waals surface area (Å²) in [7, 11) is 1.84. The van der Waals surface area contributed by atoms with Crippen molar-refractivity contribution in [3.63, 3.8) is 0 Å². The van der Waals surface area contributed by atoms with Crippen LogP contribution in [0.2, 0.25) is 10.2 Å². The zero-order valence-electron chi connectivity index (χ0n) is 8.65. The molecule has 2 aromatic rings. The Morgan fingerprint density at radius 3 is 2.50 bits per heavy atom. The summed E-state index contributed by atoms with van der Waals surface area (Å²) in [6, 6.07) is 7.18. The Morgan fingerprint density at radius 1 is 1.25 bits per heavy atom. The number of ether oxygens (including phenoxy) is 1. The van der Waals surface area contributed by atoms with E-state index >= 15 is 0 Å². The van der Waals surface area contributed by atoms with Crippen molar-refractivity contribution < 1.29 is 4.74 Å². The van der Waals surface area contributed by atoms with Crippen LogP contribution in [0.1, 0.15) is 5.82 Å². The molecule has 3 nitrogen and oxygen atoms in total. The zero-order chi connectivity index (χ0) is 11.5. The van der Waals surface area contributed by atoms with Crippen molar-refractivity contribution in [2.75, 3.05) is 0 Å². The van der Waals surface area contributed by atoms with E-state index < -0.39 is 0 Å². The van der Waals surface area contributed by atoms with Crippen LogP contribution >= 0.6 is 23.2 Å². The van der Waals surface area contributed by atoms with Gasteiger partial charge < -0.3 is 9.30 Å². The van der Waals surface area contributed by atoms with E-state index in [2.05, 4.69) is 4.98 Å². The van der Waals surface area contributed by atoms with Gasteiger partial charge in [0.25, 0.3) is 0 Å². The molecular formula is C11H10Cl2N2O. The van der Waals surface area contributed by atoms with Crippen LogP contribution < -0.4 is 4.74 Å². The molecule has 84 valence electrons. The fraction of sp³-hybridized carbons (Fsp3) is 0.182. The van der Waals surface area contributed by atoms with Gasteiger partial charge in [-0.2, -0.15) is 0 Å². The van der Waals surface area contributed by atoms with Gasteiger partial charge in [0.15, 0.2) is 0 Å². The third-order valence-electron chi connectivity index (χ3n) is 2.21. The van der Waals surface area contributed by atoms with Gasteiger partial charge in [0.05, 0.1) is 6.20 Å². The molecule has 0 unspecified atom stereocenters. The highest BCUT2D eigenvalue weighted by Gasteiger charge is 2.04. The number of rotatable bonds is 3. The van der Waals surface area contributed by atoms with Crippen molar-refractivity contribution in [2.24, 2.45) is 7.05 Å². The maximum absolute atomic E-state index is 5.86. The number of benzene rings is 1. The molecule has 16 heavy (non-hydrogen) atoms. The summed E-state index contributed by atoms with van der Waals surface area (Å²) in [4.78, 5) is 4.13. The minimum Gasteiger partial charge on any atom is -0.486 e. The predicted molar refractivity (Wildman–Crippen MR) is 64.0 cm³/mol. The average molecular weight is 257 g/mol. The molecule has 2 rings (SSSR count). The minimum absolute atomic E-state index is 0.380. The fourth-order valence-electron chi connectivity index (χ4n) is 1.24. The van der Waals surface area contributed by atoms with Crippen LogP contribution in [-0.4, -0.2) is 9.55 Å². The monoisotopic (exact) mass is 256 g/mol. The maximum Gasteiger partial charge on any atom is 0.147 e. The summed E-state index contributed by atoms with van der Waals surface area (Å²) >= 11 is 11.6. The lowest BCUT2D eigenvalue weighted by atomic mass is 10.3. The second-order valence-corrected chi connectivity index (χ2v) is 4.12. The molecule has 5 heteroatoms. The number of imidazole rings is 1. The minimum atomic E-state index is 0.380. The standard InChI is InChI=1S/C11H10Cl2N2O/c1-15-10(13)6-14-11(15)7-16-9-4-2-8(12)3-5-9/h2-6H,7H2,1H3. The molecule has 0 radical (unpaired) electrons. The largest absolute Gasteiger partial charge is 0.486 e. The lowest BCUT2D eigenvalue weighted by molar-refractivity contribution is 0.292. The van der Waals surface area contributed by atoms with Gasteiger partial charge in [0.2, 0.25) is 0 Å². The van der Waals surface area contributed by atoms with Gasteiger partial charge in [0.1, 0.15) is 23.3 Å². The first kappa shape index (κ1) is 11.3. The highest BCUT2D eigenvalue weighted by molar-refractivity contribution is 6.30. The first-order valence-corrected chi connectivity index (χ1v) is 5.47. The van der Waals surface area contributed by atoms with Crippen molar-refractivity contribution in [2.45, 2.75) is 6.61 Å². The van der Waals surface area contributed by atoms with E-state index in [0.29, 0.717) is 16.8 Å². The van der Waals surface area contributed by atoms with Crippen LogP contribution in [0.4, 0.5) is 0 Å². The van der Waals surface area contributed by atoms with Crippen LogP contribution in [0.15, 0.2) is 30.5 Å². The summed E-state index contributed by atoms with van der Waals surface area (Å²) in [5, 5.41) is 1.28. The van der Waals surface area contributed by atoms with E-state index in [9.17, 15) is 0 Å². The van der Waals surface area contributed by atoms with E-state index in [0.717, 1.165) is 11.6 Å². The second kappa shape index (κ2) is 4.76. The molecule has 0 fully saturated rings. The number of nitrogens with zero attached hydrogens (tertiary/aromatic N) is 2. The molecule has 1 heterocycles. The fourth-order valence-corrected chi connectivity index (χ4v) is 1.51. The highest BCUT2D eigenvalue weighted by Crippen LogP contribution is 2.17. The van der Waals surface area contributed by atoms with Gasteiger partial charge in [-0.25, -0.2) is 4.98 Å². The summed E-state index contributed by atoms with van der Waals surface area (Å²) in [5.41, 5.74) is 0. The van der Waals surface area contributed by atoms with Gasteiger partial charge in [-0.05, 0) is 24.3 Å². The van der Waals surface area contributed by atoms with Crippen LogP contribution in [-0.2, 0) is 13.7 Å².